The molecule has 0 unspecified atom stereocenters. The van der Waals surface area contributed by atoms with Gasteiger partial charge in [0.25, 0.3) is 0 Å². The third-order valence-electron chi connectivity index (χ3n) is 3.55. The predicted octanol–water partition coefficient (Wildman–Crippen LogP) is 3.86. The van der Waals surface area contributed by atoms with Crippen LogP contribution in [-0.2, 0) is 0 Å². The zero-order valence-corrected chi connectivity index (χ0v) is 16.9. The first-order valence-corrected chi connectivity index (χ1v) is 19.7. The number of allylic oxidation sites excluding steroid dienone is 3. The normalized spacial score (nSPS) is 17.8. The molecule has 1 aliphatic carbocycles. The summed E-state index contributed by atoms with van der Waals surface area (Å²) in [4.78, 5) is 7.64. The van der Waals surface area contributed by atoms with E-state index in [2.05, 4.69) is 54.0 Å². The Morgan fingerprint density at radius 2 is 1.71 bits per heavy atom. The molecule has 17 heavy (non-hydrogen) atoms. The van der Waals surface area contributed by atoms with Gasteiger partial charge < -0.3 is 0 Å². The van der Waals surface area contributed by atoms with Crippen LogP contribution >= 0.6 is 0 Å². The first-order valence-electron chi connectivity index (χ1n) is 6.84. The Hall–Kier alpha value is 0.296. The van der Waals surface area contributed by atoms with Crippen molar-refractivity contribution in [3.05, 3.63) is 20.1 Å². The molecule has 0 fully saturated rings. The Morgan fingerprint density at radius 3 is 2.06 bits per heavy atom. The van der Waals surface area contributed by atoms with E-state index < -0.39 is 27.2 Å². The molecule has 3 heteroatoms. The van der Waals surface area contributed by atoms with E-state index in [0.29, 0.717) is 6.04 Å². The summed E-state index contributed by atoms with van der Waals surface area (Å²) in [6.07, 6.45) is 1.31. The maximum atomic E-state index is 3.72. The third-order valence-corrected chi connectivity index (χ3v) is 12.2. The molecule has 0 aromatic rings. The molecule has 0 atom stereocenters. The molecule has 1 nitrogen and oxygen atoms in total. The molecular weight excluding hydrogens is 329 g/mol. The van der Waals surface area contributed by atoms with Gasteiger partial charge in [-0.05, 0) is 0 Å². The van der Waals surface area contributed by atoms with Gasteiger partial charge in [0.2, 0.25) is 0 Å². The van der Waals surface area contributed by atoms with Gasteiger partial charge in [-0.2, -0.15) is 0 Å². The molecule has 0 aromatic carbocycles. The van der Waals surface area contributed by atoms with Gasteiger partial charge in [0, 0.05) is 0 Å². The summed E-state index contributed by atoms with van der Waals surface area (Å²) < 4.78 is 1.85. The molecular formula is C14H29NSiSn. The molecule has 0 spiro atoms. The summed E-state index contributed by atoms with van der Waals surface area (Å²) in [7, 11) is -0.679. The summed E-state index contributed by atoms with van der Waals surface area (Å²) in [6.45, 7) is 11.8. The molecule has 0 saturated carbocycles. The van der Waals surface area contributed by atoms with Crippen LogP contribution in [0.1, 0.15) is 27.2 Å². The second-order valence-electron chi connectivity index (χ2n) is 6.88. The summed E-state index contributed by atoms with van der Waals surface area (Å²) in [6, 6.07) is 0.553. The summed E-state index contributed by atoms with van der Waals surface area (Å²) in [5, 5.41) is 5.49. The van der Waals surface area contributed by atoms with Crippen LogP contribution in [0.25, 0.3) is 0 Å². The SMILES string of the molecule is CC1=[C]([Sn]([CH3])([CH3])[CH3])CC([SiH](C)C)=C1NC(C)C. The quantitative estimate of drug-likeness (QED) is 0.753. The average Bonchev–Trinajstić information content (AvgIpc) is 2.42. The molecule has 1 aliphatic rings. The van der Waals surface area contributed by atoms with Crippen molar-refractivity contribution in [2.75, 3.05) is 0 Å². The number of hydrogen-bond donors (Lipinski definition) is 1. The van der Waals surface area contributed by atoms with E-state index in [9.17, 15) is 0 Å². The summed E-state index contributed by atoms with van der Waals surface area (Å²) >= 11 is -1.89. The van der Waals surface area contributed by atoms with Crippen LogP contribution in [0.15, 0.2) is 20.1 Å². The second kappa shape index (κ2) is 5.51. The standard InChI is InChI=1S/C11H20NSi.3CH3.Sn/c1-8(2)12-11-9(3)6-7-10(11)13(4)5;;;;/h8,12-13H,7H2,1-5H3;3*1H3;. The molecule has 0 saturated heterocycles. The van der Waals surface area contributed by atoms with Gasteiger partial charge in [-0.25, -0.2) is 0 Å². The van der Waals surface area contributed by atoms with E-state index in [1.54, 1.807) is 10.8 Å². The number of nitrogens with one attached hydrogen (secondary N) is 1. The van der Waals surface area contributed by atoms with Crippen LogP contribution in [0.3, 0.4) is 0 Å². The van der Waals surface area contributed by atoms with Crippen molar-refractivity contribution >= 4 is 27.2 Å². The fraction of sp³-hybridized carbons (Fsp3) is 0.714. The van der Waals surface area contributed by atoms with Crippen molar-refractivity contribution in [3.63, 3.8) is 0 Å². The first-order chi connectivity index (χ1) is 7.64. The van der Waals surface area contributed by atoms with Gasteiger partial charge in [0.05, 0.1) is 0 Å². The zero-order valence-electron chi connectivity index (χ0n) is 12.9. The average molecular weight is 358 g/mol. The van der Waals surface area contributed by atoms with Gasteiger partial charge in [-0.1, -0.05) is 0 Å². The monoisotopic (exact) mass is 359 g/mol. The molecule has 1 rings (SSSR count). The van der Waals surface area contributed by atoms with Crippen molar-refractivity contribution in [3.8, 4) is 0 Å². The van der Waals surface area contributed by atoms with E-state index in [1.807, 2.05) is 3.59 Å². The van der Waals surface area contributed by atoms with Crippen LogP contribution in [0.4, 0.5) is 0 Å². The van der Waals surface area contributed by atoms with Gasteiger partial charge in [0.15, 0.2) is 0 Å². The maximum absolute atomic E-state index is 3.72. The minimum absolute atomic E-state index is 0.553. The fourth-order valence-electron chi connectivity index (χ4n) is 2.61. The molecule has 0 bridgehead atoms. The van der Waals surface area contributed by atoms with Crippen LogP contribution in [-0.4, -0.2) is 33.2 Å². The Kier molecular flexibility index (Phi) is 4.98. The van der Waals surface area contributed by atoms with Crippen LogP contribution in [0, 0.1) is 0 Å². The molecule has 0 radical (unpaired) electrons. The van der Waals surface area contributed by atoms with Crippen molar-refractivity contribution in [2.24, 2.45) is 0 Å². The van der Waals surface area contributed by atoms with Crippen molar-refractivity contribution in [1.82, 2.24) is 5.32 Å². The Balaban J connectivity index is 3.12. The van der Waals surface area contributed by atoms with Crippen molar-refractivity contribution in [1.29, 1.82) is 0 Å². The van der Waals surface area contributed by atoms with E-state index in [0.717, 1.165) is 0 Å². The molecule has 0 heterocycles. The van der Waals surface area contributed by atoms with Crippen molar-refractivity contribution in [2.45, 2.75) is 61.1 Å². The Labute approximate surface area is 113 Å². The number of hydrogen-bond acceptors (Lipinski definition) is 1. The molecule has 0 aliphatic heterocycles. The Bertz CT molecular complexity index is 359. The molecule has 1 N–H and O–H groups in total. The van der Waals surface area contributed by atoms with Crippen LogP contribution in [0.2, 0.25) is 27.9 Å². The predicted molar refractivity (Wildman–Crippen MR) is 84.8 cm³/mol. The summed E-state index contributed by atoms with van der Waals surface area (Å²) in [5.74, 6) is 0. The zero-order chi connectivity index (χ0) is 13.4. The van der Waals surface area contributed by atoms with E-state index >= 15 is 0 Å². The van der Waals surface area contributed by atoms with Gasteiger partial charge in [-0.3, -0.25) is 0 Å². The van der Waals surface area contributed by atoms with E-state index in [-0.39, 0.29) is 0 Å². The number of rotatable bonds is 4. The van der Waals surface area contributed by atoms with E-state index in [4.69, 9.17) is 0 Å². The topological polar surface area (TPSA) is 12.0 Å². The molecule has 98 valence electrons. The van der Waals surface area contributed by atoms with Gasteiger partial charge in [-0.15, -0.1) is 0 Å². The minimum atomic E-state index is -1.89. The summed E-state index contributed by atoms with van der Waals surface area (Å²) in [5.41, 5.74) is 3.14. The third kappa shape index (κ3) is 3.63. The fourth-order valence-corrected chi connectivity index (χ4v) is 10.3. The van der Waals surface area contributed by atoms with Crippen LogP contribution < -0.4 is 5.32 Å². The molecule has 0 amide bonds. The van der Waals surface area contributed by atoms with E-state index in [1.165, 1.54) is 12.1 Å². The van der Waals surface area contributed by atoms with Crippen molar-refractivity contribution < 1.29 is 0 Å². The van der Waals surface area contributed by atoms with Crippen LogP contribution in [0.5, 0.6) is 0 Å². The first kappa shape index (κ1) is 15.4. The Morgan fingerprint density at radius 1 is 1.18 bits per heavy atom. The molecule has 0 aromatic heterocycles. The van der Waals surface area contributed by atoms with Gasteiger partial charge >= 0.3 is 114 Å². The van der Waals surface area contributed by atoms with Gasteiger partial charge in [0.1, 0.15) is 0 Å². The second-order valence-corrected chi connectivity index (χ2v) is 24.5.